The summed E-state index contributed by atoms with van der Waals surface area (Å²) in [6.07, 6.45) is -1.64. The second kappa shape index (κ2) is 2.22. The fourth-order valence-corrected chi connectivity index (χ4v) is 1.29. The van der Waals surface area contributed by atoms with E-state index in [1.807, 2.05) is 18.2 Å². The number of anilines is 1. The van der Waals surface area contributed by atoms with Crippen LogP contribution in [0.2, 0.25) is 0 Å². The molecule has 0 bridgehead atoms. The second-order valence-electron chi connectivity index (χ2n) is 2.62. The van der Waals surface area contributed by atoms with Crippen molar-refractivity contribution in [3.8, 4) is 0 Å². The Morgan fingerprint density at radius 3 is 2.64 bits per heavy atom. The van der Waals surface area contributed by atoms with Gasteiger partial charge in [-0.25, -0.2) is 0 Å². The van der Waals surface area contributed by atoms with E-state index < -0.39 is 12.3 Å². The van der Waals surface area contributed by atoms with E-state index in [0.29, 0.717) is 0 Å². The first-order chi connectivity index (χ1) is 5.29. The monoisotopic (exact) mass is 151 g/mol. The van der Waals surface area contributed by atoms with E-state index in [2.05, 4.69) is 5.32 Å². The zero-order chi connectivity index (χ0) is 7.84. The lowest BCUT2D eigenvalue weighted by Crippen LogP contribution is -2.18. The van der Waals surface area contributed by atoms with Gasteiger partial charge in [0.2, 0.25) is 0 Å². The summed E-state index contributed by atoms with van der Waals surface area (Å²) in [7, 11) is 0. The molecule has 0 radical (unpaired) electrons. The molecular weight excluding hydrogens is 142 g/mol. The number of fused-ring (bicyclic) bond motifs is 1. The molecular formula is C8H9NO2. The van der Waals surface area contributed by atoms with Gasteiger partial charge in [-0.3, -0.25) is 0 Å². The molecule has 0 fully saturated rings. The third-order valence-corrected chi connectivity index (χ3v) is 1.88. The van der Waals surface area contributed by atoms with E-state index >= 15 is 0 Å². The summed E-state index contributed by atoms with van der Waals surface area (Å²) in [5, 5.41) is 21.2. The van der Waals surface area contributed by atoms with Crippen LogP contribution in [-0.4, -0.2) is 16.4 Å². The zero-order valence-corrected chi connectivity index (χ0v) is 5.86. The Morgan fingerprint density at radius 2 is 1.91 bits per heavy atom. The van der Waals surface area contributed by atoms with Crippen LogP contribution in [0.3, 0.4) is 0 Å². The minimum Gasteiger partial charge on any atom is -0.384 e. The first kappa shape index (κ1) is 6.64. The van der Waals surface area contributed by atoms with Crippen LogP contribution in [-0.2, 0) is 0 Å². The Morgan fingerprint density at radius 1 is 1.18 bits per heavy atom. The van der Waals surface area contributed by atoms with Gasteiger partial charge in [0.1, 0.15) is 6.10 Å². The van der Waals surface area contributed by atoms with Gasteiger partial charge in [-0.2, -0.15) is 0 Å². The zero-order valence-electron chi connectivity index (χ0n) is 5.86. The molecule has 1 aliphatic heterocycles. The number of nitrogens with one attached hydrogen (secondary N) is 1. The summed E-state index contributed by atoms with van der Waals surface area (Å²) in [6, 6.07) is 7.32. The lowest BCUT2D eigenvalue weighted by Gasteiger charge is -2.06. The maximum Gasteiger partial charge on any atom is 0.155 e. The summed E-state index contributed by atoms with van der Waals surface area (Å²) in [6.45, 7) is 0. The molecule has 0 saturated heterocycles. The summed E-state index contributed by atoms with van der Waals surface area (Å²) >= 11 is 0. The Labute approximate surface area is 64.3 Å². The first-order valence-corrected chi connectivity index (χ1v) is 3.50. The average Bonchev–Trinajstić information content (AvgIpc) is 2.30. The number of aliphatic hydroxyl groups is 2. The van der Waals surface area contributed by atoms with E-state index in [9.17, 15) is 5.11 Å². The molecule has 1 aromatic carbocycles. The number of hydrogen-bond donors (Lipinski definition) is 3. The van der Waals surface area contributed by atoms with Crippen LogP contribution in [0.1, 0.15) is 11.7 Å². The van der Waals surface area contributed by atoms with Gasteiger partial charge in [0.25, 0.3) is 0 Å². The van der Waals surface area contributed by atoms with Gasteiger partial charge in [0.15, 0.2) is 6.23 Å². The van der Waals surface area contributed by atoms with Gasteiger partial charge < -0.3 is 15.5 Å². The predicted molar refractivity (Wildman–Crippen MR) is 41.0 cm³/mol. The number of benzene rings is 1. The van der Waals surface area contributed by atoms with Crippen molar-refractivity contribution >= 4 is 5.69 Å². The summed E-state index contributed by atoms with van der Waals surface area (Å²) < 4.78 is 0. The minimum atomic E-state index is -0.854. The van der Waals surface area contributed by atoms with Gasteiger partial charge in [-0.05, 0) is 6.07 Å². The molecule has 58 valence electrons. The van der Waals surface area contributed by atoms with Gasteiger partial charge in [-0.1, -0.05) is 18.2 Å². The molecule has 1 aromatic rings. The van der Waals surface area contributed by atoms with Gasteiger partial charge in [0, 0.05) is 11.3 Å². The average molecular weight is 151 g/mol. The molecule has 0 amide bonds. The largest absolute Gasteiger partial charge is 0.384 e. The third-order valence-electron chi connectivity index (χ3n) is 1.88. The van der Waals surface area contributed by atoms with Crippen molar-refractivity contribution in [1.82, 2.24) is 0 Å². The first-order valence-electron chi connectivity index (χ1n) is 3.50. The van der Waals surface area contributed by atoms with E-state index in [1.54, 1.807) is 6.07 Å². The molecule has 3 nitrogen and oxygen atoms in total. The molecule has 3 N–H and O–H groups in total. The van der Waals surface area contributed by atoms with Crippen molar-refractivity contribution < 1.29 is 10.2 Å². The van der Waals surface area contributed by atoms with Crippen molar-refractivity contribution in [3.63, 3.8) is 0 Å². The Bertz CT molecular complexity index is 275. The highest BCUT2D eigenvalue weighted by Gasteiger charge is 2.27. The Balaban J connectivity index is 2.47. The Kier molecular flexibility index (Phi) is 1.34. The van der Waals surface area contributed by atoms with Crippen LogP contribution in [0.25, 0.3) is 0 Å². The van der Waals surface area contributed by atoms with Crippen LogP contribution >= 0.6 is 0 Å². The topological polar surface area (TPSA) is 52.5 Å². The maximum absolute atomic E-state index is 9.34. The molecule has 1 aliphatic rings. The highest BCUT2D eigenvalue weighted by atomic mass is 16.3. The molecule has 11 heavy (non-hydrogen) atoms. The molecule has 0 unspecified atom stereocenters. The third kappa shape index (κ3) is 0.895. The molecule has 0 aromatic heterocycles. The molecule has 2 rings (SSSR count). The second-order valence-corrected chi connectivity index (χ2v) is 2.62. The van der Waals surface area contributed by atoms with E-state index in [1.165, 1.54) is 0 Å². The van der Waals surface area contributed by atoms with Crippen LogP contribution in [0.4, 0.5) is 5.69 Å². The number of hydrogen-bond acceptors (Lipinski definition) is 3. The van der Waals surface area contributed by atoms with Gasteiger partial charge in [0.05, 0.1) is 0 Å². The maximum atomic E-state index is 9.34. The lowest BCUT2D eigenvalue weighted by molar-refractivity contribution is 0.0462. The standard InChI is InChI=1S/C8H9NO2/c10-7-5-3-1-2-4-6(5)9-8(7)11/h1-4,7-11H/t7-,8+/m0/s1. The molecule has 0 saturated carbocycles. The van der Waals surface area contributed by atoms with Crippen molar-refractivity contribution in [2.45, 2.75) is 12.3 Å². The minimum absolute atomic E-state index is 0.764. The molecule has 0 aliphatic carbocycles. The fourth-order valence-electron chi connectivity index (χ4n) is 1.29. The smallest absolute Gasteiger partial charge is 0.155 e. The number of aliphatic hydroxyl groups excluding tert-OH is 2. The summed E-state index contributed by atoms with van der Waals surface area (Å²) in [4.78, 5) is 0. The van der Waals surface area contributed by atoms with Crippen molar-refractivity contribution in [2.75, 3.05) is 5.32 Å². The highest BCUT2D eigenvalue weighted by molar-refractivity contribution is 5.57. The van der Waals surface area contributed by atoms with E-state index in [-0.39, 0.29) is 0 Å². The van der Waals surface area contributed by atoms with E-state index in [0.717, 1.165) is 11.3 Å². The number of para-hydroxylation sites is 1. The molecule has 0 spiro atoms. The number of rotatable bonds is 0. The SMILES string of the molecule is O[C@H]1Nc2ccccc2[C@@H]1O. The van der Waals surface area contributed by atoms with Gasteiger partial charge >= 0.3 is 0 Å². The van der Waals surface area contributed by atoms with Crippen LogP contribution in [0.15, 0.2) is 24.3 Å². The van der Waals surface area contributed by atoms with Crippen molar-refractivity contribution in [1.29, 1.82) is 0 Å². The van der Waals surface area contributed by atoms with Crippen LogP contribution in [0.5, 0.6) is 0 Å². The quantitative estimate of drug-likeness (QED) is 0.505. The van der Waals surface area contributed by atoms with E-state index in [4.69, 9.17) is 5.11 Å². The highest BCUT2D eigenvalue weighted by Crippen LogP contribution is 2.32. The Hall–Kier alpha value is -1.06. The van der Waals surface area contributed by atoms with Crippen molar-refractivity contribution in [2.24, 2.45) is 0 Å². The lowest BCUT2D eigenvalue weighted by atomic mass is 10.1. The summed E-state index contributed by atoms with van der Waals surface area (Å²) in [5.41, 5.74) is 1.58. The van der Waals surface area contributed by atoms with Crippen LogP contribution in [0, 0.1) is 0 Å². The van der Waals surface area contributed by atoms with Crippen molar-refractivity contribution in [3.05, 3.63) is 29.8 Å². The van der Waals surface area contributed by atoms with Gasteiger partial charge in [-0.15, -0.1) is 0 Å². The summed E-state index contributed by atoms with van der Waals surface area (Å²) in [5.74, 6) is 0. The molecule has 2 atom stereocenters. The molecule has 1 heterocycles. The molecule has 3 heteroatoms. The predicted octanol–water partition coefficient (Wildman–Crippen LogP) is 0.464. The fraction of sp³-hybridized carbons (Fsp3) is 0.250. The normalized spacial score (nSPS) is 27.8. The van der Waals surface area contributed by atoms with Crippen LogP contribution < -0.4 is 5.32 Å².